The van der Waals surface area contributed by atoms with Crippen LogP contribution < -0.4 is 4.74 Å². The van der Waals surface area contributed by atoms with Gasteiger partial charge in [0.05, 0.1) is 12.2 Å². The summed E-state index contributed by atoms with van der Waals surface area (Å²) in [6.45, 7) is 0.699. The lowest BCUT2D eigenvalue weighted by atomic mass is 10.0. The van der Waals surface area contributed by atoms with Crippen LogP contribution in [0.4, 0.5) is 13.2 Å². The molecule has 0 aliphatic carbocycles. The predicted octanol–water partition coefficient (Wildman–Crippen LogP) is 5.89. The molecule has 2 rings (SSSR count). The first-order valence-electron chi connectivity index (χ1n) is 7.90. The summed E-state index contributed by atoms with van der Waals surface area (Å²) in [4.78, 5) is 0. The van der Waals surface area contributed by atoms with Crippen LogP contribution in [0.2, 0.25) is 0 Å². The summed E-state index contributed by atoms with van der Waals surface area (Å²) in [5.41, 5.74) is 0.373. The summed E-state index contributed by atoms with van der Waals surface area (Å²) in [5, 5.41) is 0. The first kappa shape index (κ1) is 17.4. The zero-order valence-electron chi connectivity index (χ0n) is 13.0. The Bertz CT molecular complexity index is 561. The van der Waals surface area contributed by atoms with Gasteiger partial charge < -0.3 is 4.74 Å². The molecule has 0 heterocycles. The zero-order valence-corrected chi connectivity index (χ0v) is 13.0. The van der Waals surface area contributed by atoms with E-state index in [2.05, 4.69) is 0 Å². The van der Waals surface area contributed by atoms with Crippen molar-refractivity contribution in [2.45, 2.75) is 38.3 Å². The van der Waals surface area contributed by atoms with Gasteiger partial charge in [-0.05, 0) is 49.1 Å². The van der Waals surface area contributed by atoms with Crippen molar-refractivity contribution in [1.29, 1.82) is 0 Å². The Morgan fingerprint density at radius 1 is 0.739 bits per heavy atom. The maximum atomic E-state index is 12.5. The van der Waals surface area contributed by atoms with Crippen molar-refractivity contribution in [2.75, 3.05) is 6.61 Å². The Hall–Kier alpha value is -1.97. The standard InChI is InChI=1S/C19H21F3O/c20-19(21,22)17-13-11-16(12-14-17)8-4-1-2-7-15-23-18-9-5-3-6-10-18/h3,5-6,9-14H,1-2,4,7-8,15H2. The molecule has 0 radical (unpaired) electrons. The normalized spacial score (nSPS) is 11.4. The van der Waals surface area contributed by atoms with Gasteiger partial charge in [-0.25, -0.2) is 0 Å². The highest BCUT2D eigenvalue weighted by molar-refractivity contribution is 5.24. The number of hydrogen-bond donors (Lipinski definition) is 0. The number of ether oxygens (including phenoxy) is 1. The smallest absolute Gasteiger partial charge is 0.416 e. The monoisotopic (exact) mass is 322 g/mol. The second kappa shape index (κ2) is 8.61. The van der Waals surface area contributed by atoms with Gasteiger partial charge in [0.25, 0.3) is 0 Å². The van der Waals surface area contributed by atoms with Crippen LogP contribution in [-0.2, 0) is 12.6 Å². The first-order valence-corrected chi connectivity index (χ1v) is 7.90. The molecule has 1 nitrogen and oxygen atoms in total. The average Bonchev–Trinajstić information content (AvgIpc) is 2.54. The van der Waals surface area contributed by atoms with E-state index in [1.165, 1.54) is 0 Å². The lowest BCUT2D eigenvalue weighted by molar-refractivity contribution is -0.137. The van der Waals surface area contributed by atoms with Crippen molar-refractivity contribution in [3.63, 3.8) is 0 Å². The number of aryl methyl sites for hydroxylation is 1. The van der Waals surface area contributed by atoms with Crippen LogP contribution in [0.25, 0.3) is 0 Å². The summed E-state index contributed by atoms with van der Waals surface area (Å²) in [5.74, 6) is 0.886. The van der Waals surface area contributed by atoms with Crippen LogP contribution in [0.5, 0.6) is 5.75 Å². The van der Waals surface area contributed by atoms with Crippen LogP contribution in [0.15, 0.2) is 54.6 Å². The van der Waals surface area contributed by atoms with Crippen molar-refractivity contribution in [3.05, 3.63) is 65.7 Å². The quantitative estimate of drug-likeness (QED) is 0.551. The van der Waals surface area contributed by atoms with Crippen LogP contribution >= 0.6 is 0 Å². The molecule has 0 atom stereocenters. The van der Waals surface area contributed by atoms with Crippen LogP contribution in [0, 0.1) is 0 Å². The minimum absolute atomic E-state index is 0.584. The fourth-order valence-corrected chi connectivity index (χ4v) is 2.35. The number of unbranched alkanes of at least 4 members (excludes halogenated alkanes) is 3. The maximum Gasteiger partial charge on any atom is 0.416 e. The molecule has 0 amide bonds. The topological polar surface area (TPSA) is 9.23 Å². The third-order valence-electron chi connectivity index (χ3n) is 3.65. The fraction of sp³-hybridized carbons (Fsp3) is 0.368. The fourth-order valence-electron chi connectivity index (χ4n) is 2.35. The highest BCUT2D eigenvalue weighted by atomic mass is 19.4. The molecule has 0 unspecified atom stereocenters. The van der Waals surface area contributed by atoms with Crippen molar-refractivity contribution in [3.8, 4) is 5.75 Å². The summed E-state index contributed by atoms with van der Waals surface area (Å²) in [7, 11) is 0. The minimum Gasteiger partial charge on any atom is -0.494 e. The third-order valence-corrected chi connectivity index (χ3v) is 3.65. The van der Waals surface area contributed by atoms with E-state index in [-0.39, 0.29) is 0 Å². The molecule has 0 saturated heterocycles. The Kier molecular flexibility index (Phi) is 6.51. The molecular weight excluding hydrogens is 301 g/mol. The highest BCUT2D eigenvalue weighted by Gasteiger charge is 2.29. The highest BCUT2D eigenvalue weighted by Crippen LogP contribution is 2.29. The predicted molar refractivity (Wildman–Crippen MR) is 85.6 cm³/mol. The Balaban J connectivity index is 1.57. The van der Waals surface area contributed by atoms with Crippen molar-refractivity contribution < 1.29 is 17.9 Å². The minimum atomic E-state index is -4.25. The SMILES string of the molecule is FC(F)(F)c1ccc(CCCCCCOc2ccccc2)cc1. The van der Waals surface area contributed by atoms with Gasteiger partial charge >= 0.3 is 6.18 Å². The maximum absolute atomic E-state index is 12.5. The van der Waals surface area contributed by atoms with E-state index in [0.717, 1.165) is 55.5 Å². The lowest BCUT2D eigenvalue weighted by Crippen LogP contribution is -2.04. The molecule has 0 bridgehead atoms. The van der Waals surface area contributed by atoms with E-state index in [9.17, 15) is 13.2 Å². The number of para-hydroxylation sites is 1. The summed E-state index contributed by atoms with van der Waals surface area (Å²) < 4.78 is 43.0. The van der Waals surface area contributed by atoms with E-state index in [4.69, 9.17) is 4.74 Å². The van der Waals surface area contributed by atoms with E-state index in [0.29, 0.717) is 6.61 Å². The molecule has 124 valence electrons. The molecule has 0 N–H and O–H groups in total. The number of rotatable bonds is 8. The molecule has 0 spiro atoms. The van der Waals surface area contributed by atoms with Gasteiger partial charge in [0.15, 0.2) is 0 Å². The first-order chi connectivity index (χ1) is 11.1. The number of alkyl halides is 3. The summed E-state index contributed by atoms with van der Waals surface area (Å²) in [6.07, 6.45) is 0.653. The van der Waals surface area contributed by atoms with Crippen molar-refractivity contribution >= 4 is 0 Å². The lowest BCUT2D eigenvalue weighted by Gasteiger charge is -2.08. The Labute approximate surface area is 135 Å². The number of benzene rings is 2. The zero-order chi connectivity index (χ0) is 16.5. The van der Waals surface area contributed by atoms with Gasteiger partial charge in [-0.15, -0.1) is 0 Å². The second-order valence-corrected chi connectivity index (χ2v) is 5.52. The number of halogens is 3. The van der Waals surface area contributed by atoms with Crippen LogP contribution in [0.1, 0.15) is 36.8 Å². The molecule has 0 aliphatic heterocycles. The van der Waals surface area contributed by atoms with Gasteiger partial charge in [0, 0.05) is 0 Å². The second-order valence-electron chi connectivity index (χ2n) is 5.52. The van der Waals surface area contributed by atoms with Gasteiger partial charge in [0.1, 0.15) is 5.75 Å². The molecule has 2 aromatic rings. The van der Waals surface area contributed by atoms with Gasteiger partial charge in [0.2, 0.25) is 0 Å². The van der Waals surface area contributed by atoms with Gasteiger partial charge in [-0.1, -0.05) is 43.2 Å². The van der Waals surface area contributed by atoms with Crippen LogP contribution in [-0.4, -0.2) is 6.61 Å². The van der Waals surface area contributed by atoms with Crippen molar-refractivity contribution in [1.82, 2.24) is 0 Å². The largest absolute Gasteiger partial charge is 0.494 e. The molecule has 2 aromatic carbocycles. The van der Waals surface area contributed by atoms with E-state index in [1.807, 2.05) is 30.3 Å². The van der Waals surface area contributed by atoms with Gasteiger partial charge in [-0.3, -0.25) is 0 Å². The molecular formula is C19H21F3O. The molecule has 4 heteroatoms. The average molecular weight is 322 g/mol. The van der Waals surface area contributed by atoms with Gasteiger partial charge in [-0.2, -0.15) is 13.2 Å². The molecule has 0 aromatic heterocycles. The molecule has 0 saturated carbocycles. The Morgan fingerprint density at radius 2 is 1.39 bits per heavy atom. The molecule has 0 aliphatic rings. The molecule has 0 fully saturated rings. The molecule has 23 heavy (non-hydrogen) atoms. The van der Waals surface area contributed by atoms with Crippen molar-refractivity contribution in [2.24, 2.45) is 0 Å². The number of hydrogen-bond acceptors (Lipinski definition) is 1. The summed E-state index contributed by atoms with van der Waals surface area (Å²) >= 11 is 0. The van der Waals surface area contributed by atoms with E-state index < -0.39 is 11.7 Å². The van der Waals surface area contributed by atoms with E-state index >= 15 is 0 Å². The third kappa shape index (κ3) is 6.35. The van der Waals surface area contributed by atoms with E-state index in [1.54, 1.807) is 12.1 Å². The Morgan fingerprint density at radius 3 is 2.04 bits per heavy atom. The van der Waals surface area contributed by atoms with Crippen LogP contribution in [0.3, 0.4) is 0 Å². The summed E-state index contributed by atoms with van der Waals surface area (Å²) in [6, 6.07) is 15.2.